The molecule has 4 nitrogen and oxygen atoms in total. The van der Waals surface area contributed by atoms with Gasteiger partial charge in [0.1, 0.15) is 10.4 Å². The Morgan fingerprint density at radius 2 is 1.24 bits per heavy atom. The third-order valence-corrected chi connectivity index (χ3v) is 9.94. The highest BCUT2D eigenvalue weighted by Gasteiger charge is 2.38. The van der Waals surface area contributed by atoms with Crippen molar-refractivity contribution in [2.75, 3.05) is 6.61 Å². The number of nitrogens with zero attached hydrogens (tertiary/aromatic N) is 1. The number of pyridine rings is 1. The van der Waals surface area contributed by atoms with Gasteiger partial charge in [-0.15, -0.1) is 0 Å². The third kappa shape index (κ3) is 4.48. The van der Waals surface area contributed by atoms with Gasteiger partial charge in [0.15, 0.2) is 0 Å². The molecule has 34 heavy (non-hydrogen) atoms. The fourth-order valence-corrected chi connectivity index (χ4v) is 8.43. The number of benzene rings is 3. The summed E-state index contributed by atoms with van der Waals surface area (Å²) in [5, 5.41) is 3.01. The van der Waals surface area contributed by atoms with E-state index >= 15 is 0 Å². The van der Waals surface area contributed by atoms with Crippen LogP contribution in [0.2, 0.25) is 5.15 Å². The van der Waals surface area contributed by atoms with Gasteiger partial charge in [0.25, 0.3) is 0 Å². The van der Waals surface area contributed by atoms with Crippen LogP contribution in [0.4, 0.5) is 0 Å². The zero-order valence-corrected chi connectivity index (χ0v) is 20.2. The predicted octanol–water partition coefficient (Wildman–Crippen LogP) is 4.65. The lowest BCUT2D eigenvalue weighted by atomic mass is 10.1. The number of ketones is 1. The number of esters is 1. The van der Waals surface area contributed by atoms with Crippen LogP contribution in [0.25, 0.3) is 0 Å². The quantitative estimate of drug-likeness (QED) is 0.125. The van der Waals surface area contributed by atoms with Crippen molar-refractivity contribution in [2.24, 2.45) is 0 Å². The number of hydrogen-bond donors (Lipinski definition) is 0. The van der Waals surface area contributed by atoms with E-state index in [0.717, 1.165) is 15.9 Å². The Balaban J connectivity index is 2.24. The van der Waals surface area contributed by atoms with E-state index in [2.05, 4.69) is 4.98 Å². The molecule has 0 aliphatic carbocycles. The van der Waals surface area contributed by atoms with Gasteiger partial charge >= 0.3 is 5.97 Å². The van der Waals surface area contributed by atoms with Crippen LogP contribution < -0.4 is 15.9 Å². The van der Waals surface area contributed by atoms with E-state index in [1.54, 1.807) is 19.1 Å². The molecule has 0 saturated carbocycles. The maximum absolute atomic E-state index is 14.1. The fourth-order valence-electron chi connectivity index (χ4n) is 4.02. The van der Waals surface area contributed by atoms with Crippen molar-refractivity contribution in [1.82, 2.24) is 4.98 Å². The molecule has 0 amide bonds. The van der Waals surface area contributed by atoms with Gasteiger partial charge in [-0.05, 0) is 41.9 Å². The van der Waals surface area contributed by atoms with Gasteiger partial charge in [-0.1, -0.05) is 103 Å². The van der Waals surface area contributed by atoms with Crippen LogP contribution in [0, 0.1) is 0 Å². The summed E-state index contributed by atoms with van der Waals surface area (Å²) in [5.74, 6) is -1.06. The molecule has 0 spiro atoms. The highest BCUT2D eigenvalue weighted by Crippen LogP contribution is 2.47. The van der Waals surface area contributed by atoms with Crippen molar-refractivity contribution < 1.29 is 14.3 Å². The molecule has 0 aliphatic heterocycles. The van der Waals surface area contributed by atoms with Crippen LogP contribution in [-0.2, 0) is 9.53 Å². The maximum atomic E-state index is 14.1. The summed E-state index contributed by atoms with van der Waals surface area (Å²) in [6.45, 7) is -1.07. The second kappa shape index (κ2) is 10.6. The van der Waals surface area contributed by atoms with E-state index in [1.807, 2.05) is 91.0 Å². The largest absolute Gasteiger partial charge is 0.462 e. The third-order valence-electron chi connectivity index (χ3n) is 5.44. The van der Waals surface area contributed by atoms with Gasteiger partial charge in [-0.2, -0.15) is 0 Å². The summed E-state index contributed by atoms with van der Waals surface area (Å²) in [6, 6.07) is 32.3. The molecule has 4 aromatic rings. The predicted molar refractivity (Wildman–Crippen MR) is 140 cm³/mol. The van der Waals surface area contributed by atoms with Crippen molar-refractivity contribution >= 4 is 51.4 Å². The van der Waals surface area contributed by atoms with Crippen molar-refractivity contribution in [1.29, 1.82) is 0 Å². The lowest BCUT2D eigenvalue weighted by molar-refractivity contribution is -0.134. The molecule has 0 saturated heterocycles. The summed E-state index contributed by atoms with van der Waals surface area (Å²) in [7, 11) is 0. The maximum Gasteiger partial charge on any atom is 0.343 e. The smallest absolute Gasteiger partial charge is 0.343 e. The number of Topliss-reactive ketones (excluding diaryl/α,β-unsaturated/α-hetero) is 1. The molecule has 4 rings (SSSR count). The Kier molecular flexibility index (Phi) is 7.42. The minimum atomic E-state index is -2.95. The van der Waals surface area contributed by atoms with E-state index < -0.39 is 18.6 Å². The topological polar surface area (TPSA) is 56.3 Å². The van der Waals surface area contributed by atoms with Crippen LogP contribution in [0.1, 0.15) is 17.3 Å². The number of ether oxygens (including phenoxy) is 1. The van der Waals surface area contributed by atoms with Gasteiger partial charge in [0.05, 0.1) is 6.61 Å². The van der Waals surface area contributed by atoms with Crippen LogP contribution >= 0.6 is 18.5 Å². The number of carbonyl (C=O) groups is 2. The molecule has 0 aliphatic rings. The molecule has 0 atom stereocenters. The van der Waals surface area contributed by atoms with Gasteiger partial charge < -0.3 is 4.74 Å². The number of hydrogen-bond acceptors (Lipinski definition) is 4. The number of rotatable bonds is 7. The van der Waals surface area contributed by atoms with Crippen molar-refractivity contribution in [2.45, 2.75) is 6.92 Å². The molecule has 0 unspecified atom stereocenters. The van der Waals surface area contributed by atoms with Gasteiger partial charge in [0, 0.05) is 11.8 Å². The average molecular weight is 488 g/mol. The Hall–Kier alpha value is -3.46. The minimum Gasteiger partial charge on any atom is -0.462 e. The molecular formula is C28H23ClNO3P. The normalized spacial score (nSPS) is 11.0. The number of aromatic nitrogens is 1. The lowest BCUT2D eigenvalue weighted by Crippen LogP contribution is -2.38. The van der Waals surface area contributed by atoms with E-state index in [-0.39, 0.29) is 22.6 Å². The highest BCUT2D eigenvalue weighted by molar-refractivity contribution is 7.97. The first-order valence-electron chi connectivity index (χ1n) is 10.9. The molecule has 0 bridgehead atoms. The Labute approximate surface area is 204 Å². The standard InChI is InChI=1S/C28H23ClNO3P/c1-2-33-28(32)27(26(31)21-18-19-25(29)30-20-21)34(22-12-6-3-7-13-22,23-14-8-4-9-15-23)24-16-10-5-11-17-24/h3-20H,2H2,1H3. The summed E-state index contributed by atoms with van der Waals surface area (Å²) in [5.41, 5.74) is 0.277. The van der Waals surface area contributed by atoms with Gasteiger partial charge in [-0.25, -0.2) is 9.78 Å². The molecule has 0 N–H and O–H groups in total. The average Bonchev–Trinajstić information content (AvgIpc) is 2.89. The van der Waals surface area contributed by atoms with Crippen molar-refractivity contribution in [3.63, 3.8) is 0 Å². The fraction of sp³-hybridized carbons (Fsp3) is 0.0714. The monoisotopic (exact) mass is 487 g/mol. The van der Waals surface area contributed by atoms with Crippen LogP contribution in [0.3, 0.4) is 0 Å². The molecule has 1 aromatic heterocycles. The van der Waals surface area contributed by atoms with Gasteiger partial charge in [-0.3, -0.25) is 4.79 Å². The Morgan fingerprint density at radius 1 is 0.765 bits per heavy atom. The summed E-state index contributed by atoms with van der Waals surface area (Å²) in [4.78, 5) is 31.9. The number of halogens is 1. The molecule has 6 heteroatoms. The first-order chi connectivity index (χ1) is 16.6. The Morgan fingerprint density at radius 3 is 1.62 bits per heavy atom. The highest BCUT2D eigenvalue weighted by atomic mass is 35.5. The first kappa shape index (κ1) is 23.7. The van der Waals surface area contributed by atoms with E-state index in [1.165, 1.54) is 6.20 Å². The van der Waals surface area contributed by atoms with Gasteiger partial charge in [0.2, 0.25) is 5.78 Å². The van der Waals surface area contributed by atoms with E-state index in [9.17, 15) is 9.59 Å². The molecule has 1 heterocycles. The number of carbonyl (C=O) groups excluding carboxylic acids is 2. The van der Waals surface area contributed by atoms with Crippen molar-refractivity contribution in [3.8, 4) is 0 Å². The second-order valence-corrected chi connectivity index (χ2v) is 11.2. The van der Waals surface area contributed by atoms with Crippen LogP contribution in [0.15, 0.2) is 109 Å². The first-order valence-corrected chi connectivity index (χ1v) is 13.0. The zero-order valence-electron chi connectivity index (χ0n) is 18.6. The molecule has 3 aromatic carbocycles. The van der Waals surface area contributed by atoms with Crippen LogP contribution in [0.5, 0.6) is 0 Å². The SMILES string of the molecule is CCOC(=O)C(C(=O)c1ccc(Cl)nc1)=P(c1ccccc1)(c1ccccc1)c1ccccc1. The summed E-state index contributed by atoms with van der Waals surface area (Å²) in [6.07, 6.45) is 1.40. The summed E-state index contributed by atoms with van der Waals surface area (Å²) < 4.78 is 5.53. The molecule has 0 fully saturated rings. The lowest BCUT2D eigenvalue weighted by Gasteiger charge is -2.31. The molecule has 170 valence electrons. The second-order valence-electron chi connectivity index (χ2n) is 7.45. The van der Waals surface area contributed by atoms with Crippen molar-refractivity contribution in [3.05, 3.63) is 120 Å². The Bertz CT molecular complexity index is 1240. The van der Waals surface area contributed by atoms with E-state index in [4.69, 9.17) is 16.3 Å². The minimum absolute atomic E-state index is 0.0991. The van der Waals surface area contributed by atoms with E-state index in [0.29, 0.717) is 0 Å². The molecular weight excluding hydrogens is 465 g/mol. The summed E-state index contributed by atoms with van der Waals surface area (Å²) >= 11 is 5.97. The van der Waals surface area contributed by atoms with Crippen LogP contribution in [-0.4, -0.2) is 28.6 Å². The zero-order chi connectivity index (χ0) is 24.0. The molecule has 0 radical (unpaired) electrons.